The van der Waals surface area contributed by atoms with Gasteiger partial charge >= 0.3 is 0 Å². The molecular formula is C10H20N2O2. The van der Waals surface area contributed by atoms with Gasteiger partial charge in [0.2, 0.25) is 5.91 Å². The largest absolute Gasteiger partial charge is 0.379 e. The molecule has 2 unspecified atom stereocenters. The number of rotatable bonds is 3. The summed E-state index contributed by atoms with van der Waals surface area (Å²) in [5, 5.41) is 2.92. The van der Waals surface area contributed by atoms with Gasteiger partial charge in [-0.3, -0.25) is 4.79 Å². The van der Waals surface area contributed by atoms with Gasteiger partial charge in [0.1, 0.15) is 0 Å². The van der Waals surface area contributed by atoms with E-state index < -0.39 is 6.04 Å². The minimum atomic E-state index is -0.414. The number of ether oxygens (including phenoxy) is 1. The highest BCUT2D eigenvalue weighted by Crippen LogP contribution is 2.12. The van der Waals surface area contributed by atoms with Crippen molar-refractivity contribution in [3.63, 3.8) is 0 Å². The van der Waals surface area contributed by atoms with Gasteiger partial charge in [-0.05, 0) is 5.92 Å². The molecule has 0 aromatic heterocycles. The Morgan fingerprint density at radius 3 is 2.57 bits per heavy atom. The number of carbonyl (C=O) groups is 1. The van der Waals surface area contributed by atoms with Crippen LogP contribution in [0, 0.1) is 11.8 Å². The molecule has 82 valence electrons. The average molecular weight is 200 g/mol. The summed E-state index contributed by atoms with van der Waals surface area (Å²) in [7, 11) is 0. The van der Waals surface area contributed by atoms with E-state index in [9.17, 15) is 4.79 Å². The number of hydrogen-bond donors (Lipinski definition) is 2. The topological polar surface area (TPSA) is 64.3 Å². The van der Waals surface area contributed by atoms with Crippen molar-refractivity contribution in [3.8, 4) is 0 Å². The predicted octanol–water partition coefficient (Wildman–Crippen LogP) is 0.121. The van der Waals surface area contributed by atoms with Crippen molar-refractivity contribution in [3.05, 3.63) is 0 Å². The molecule has 0 aliphatic carbocycles. The van der Waals surface area contributed by atoms with Crippen molar-refractivity contribution in [1.29, 1.82) is 0 Å². The monoisotopic (exact) mass is 200 g/mol. The van der Waals surface area contributed by atoms with E-state index in [1.165, 1.54) is 0 Å². The second-order valence-corrected chi connectivity index (χ2v) is 4.40. The van der Waals surface area contributed by atoms with E-state index in [1.54, 1.807) is 0 Å². The van der Waals surface area contributed by atoms with Gasteiger partial charge in [-0.1, -0.05) is 20.8 Å². The minimum Gasteiger partial charge on any atom is -0.379 e. The Kier molecular flexibility index (Phi) is 3.89. The van der Waals surface area contributed by atoms with Crippen LogP contribution in [0.15, 0.2) is 0 Å². The third-order valence-electron chi connectivity index (χ3n) is 2.71. The molecular weight excluding hydrogens is 180 g/mol. The molecule has 1 rings (SSSR count). The summed E-state index contributed by atoms with van der Waals surface area (Å²) in [4.78, 5) is 11.6. The summed E-state index contributed by atoms with van der Waals surface area (Å²) in [5.41, 5.74) is 5.73. The maximum Gasteiger partial charge on any atom is 0.237 e. The van der Waals surface area contributed by atoms with Gasteiger partial charge < -0.3 is 15.8 Å². The van der Waals surface area contributed by atoms with Gasteiger partial charge in [0.25, 0.3) is 0 Å². The van der Waals surface area contributed by atoms with Crippen molar-refractivity contribution in [1.82, 2.24) is 5.32 Å². The normalized spacial score (nSPS) is 29.2. The highest BCUT2D eigenvalue weighted by molar-refractivity contribution is 5.82. The zero-order valence-corrected chi connectivity index (χ0v) is 9.12. The average Bonchev–Trinajstić information content (AvgIpc) is 2.50. The van der Waals surface area contributed by atoms with E-state index in [4.69, 9.17) is 10.5 Å². The summed E-state index contributed by atoms with van der Waals surface area (Å²) in [6.07, 6.45) is 0. The smallest absolute Gasteiger partial charge is 0.237 e. The number of amides is 1. The highest BCUT2D eigenvalue weighted by atomic mass is 16.5. The first-order valence-corrected chi connectivity index (χ1v) is 5.16. The van der Waals surface area contributed by atoms with E-state index in [2.05, 4.69) is 12.2 Å². The van der Waals surface area contributed by atoms with E-state index in [1.807, 2.05) is 13.8 Å². The van der Waals surface area contributed by atoms with Crippen LogP contribution in [-0.4, -0.2) is 31.2 Å². The molecule has 4 nitrogen and oxygen atoms in total. The lowest BCUT2D eigenvalue weighted by molar-refractivity contribution is -0.124. The molecule has 1 aliphatic heterocycles. The van der Waals surface area contributed by atoms with Crippen LogP contribution in [0.25, 0.3) is 0 Å². The van der Waals surface area contributed by atoms with Crippen molar-refractivity contribution in [2.75, 3.05) is 13.2 Å². The minimum absolute atomic E-state index is 0.0673. The number of hydrogen-bond acceptors (Lipinski definition) is 3. The van der Waals surface area contributed by atoms with Gasteiger partial charge in [0, 0.05) is 5.92 Å². The van der Waals surface area contributed by atoms with Gasteiger partial charge in [0.15, 0.2) is 0 Å². The standard InChI is InChI=1S/C10H20N2O2/c1-6(2)9(11)10(13)12-8-5-14-4-7(8)3/h6-9H,4-5,11H2,1-3H3,(H,12,13)/t7?,8?,9-/m1/s1. The first-order valence-electron chi connectivity index (χ1n) is 5.16. The van der Waals surface area contributed by atoms with Crippen LogP contribution in [0.4, 0.5) is 0 Å². The Morgan fingerprint density at radius 1 is 1.50 bits per heavy atom. The Morgan fingerprint density at radius 2 is 2.14 bits per heavy atom. The fraction of sp³-hybridized carbons (Fsp3) is 0.900. The molecule has 0 saturated carbocycles. The molecule has 1 fully saturated rings. The molecule has 1 heterocycles. The zero-order valence-electron chi connectivity index (χ0n) is 9.12. The maximum absolute atomic E-state index is 11.6. The second kappa shape index (κ2) is 4.75. The first-order chi connectivity index (χ1) is 6.52. The van der Waals surface area contributed by atoms with Crippen molar-refractivity contribution in [2.45, 2.75) is 32.9 Å². The molecule has 1 aliphatic rings. The molecule has 4 heteroatoms. The first kappa shape index (κ1) is 11.5. The Hall–Kier alpha value is -0.610. The Balaban J connectivity index is 2.40. The predicted molar refractivity (Wildman–Crippen MR) is 54.7 cm³/mol. The maximum atomic E-state index is 11.6. The molecule has 1 saturated heterocycles. The molecule has 1 amide bonds. The van der Waals surface area contributed by atoms with E-state index in [0.29, 0.717) is 12.5 Å². The van der Waals surface area contributed by atoms with Crippen LogP contribution in [0.2, 0.25) is 0 Å². The number of nitrogens with one attached hydrogen (secondary N) is 1. The summed E-state index contributed by atoms with van der Waals surface area (Å²) in [6.45, 7) is 7.29. The Bertz CT molecular complexity index is 206. The summed E-state index contributed by atoms with van der Waals surface area (Å²) >= 11 is 0. The van der Waals surface area contributed by atoms with E-state index >= 15 is 0 Å². The van der Waals surface area contributed by atoms with Crippen molar-refractivity contribution in [2.24, 2.45) is 17.6 Å². The molecule has 14 heavy (non-hydrogen) atoms. The summed E-state index contributed by atoms with van der Waals surface area (Å²) in [5.74, 6) is 0.494. The highest BCUT2D eigenvalue weighted by Gasteiger charge is 2.28. The third-order valence-corrected chi connectivity index (χ3v) is 2.71. The molecule has 0 aromatic carbocycles. The second-order valence-electron chi connectivity index (χ2n) is 4.40. The van der Waals surface area contributed by atoms with Gasteiger partial charge in [-0.15, -0.1) is 0 Å². The molecule has 0 bridgehead atoms. The molecule has 0 spiro atoms. The fourth-order valence-corrected chi connectivity index (χ4v) is 1.43. The fourth-order valence-electron chi connectivity index (χ4n) is 1.43. The van der Waals surface area contributed by atoms with Crippen LogP contribution in [0.1, 0.15) is 20.8 Å². The van der Waals surface area contributed by atoms with E-state index in [-0.39, 0.29) is 17.9 Å². The quantitative estimate of drug-likeness (QED) is 0.680. The van der Waals surface area contributed by atoms with Gasteiger partial charge in [-0.2, -0.15) is 0 Å². The molecule has 3 N–H and O–H groups in total. The molecule has 0 radical (unpaired) electrons. The number of carbonyl (C=O) groups excluding carboxylic acids is 1. The van der Waals surface area contributed by atoms with Crippen LogP contribution in [0.5, 0.6) is 0 Å². The molecule has 3 atom stereocenters. The van der Waals surface area contributed by atoms with E-state index in [0.717, 1.165) is 6.61 Å². The van der Waals surface area contributed by atoms with Crippen LogP contribution < -0.4 is 11.1 Å². The lowest BCUT2D eigenvalue weighted by Crippen LogP contribution is -2.49. The lowest BCUT2D eigenvalue weighted by Gasteiger charge is -2.20. The van der Waals surface area contributed by atoms with Gasteiger partial charge in [-0.25, -0.2) is 0 Å². The number of nitrogens with two attached hydrogens (primary N) is 1. The summed E-state index contributed by atoms with van der Waals surface area (Å²) in [6, 6.07) is -0.282. The Labute approximate surface area is 85.2 Å². The third kappa shape index (κ3) is 2.69. The zero-order chi connectivity index (χ0) is 10.7. The van der Waals surface area contributed by atoms with Crippen LogP contribution in [0.3, 0.4) is 0 Å². The SMILES string of the molecule is CC1COCC1NC(=O)[C@H](N)C(C)C. The van der Waals surface area contributed by atoms with Crippen LogP contribution >= 0.6 is 0 Å². The van der Waals surface area contributed by atoms with Crippen molar-refractivity contribution < 1.29 is 9.53 Å². The van der Waals surface area contributed by atoms with Crippen LogP contribution in [-0.2, 0) is 9.53 Å². The van der Waals surface area contributed by atoms with Gasteiger partial charge in [0.05, 0.1) is 25.3 Å². The summed E-state index contributed by atoms with van der Waals surface area (Å²) < 4.78 is 5.25. The van der Waals surface area contributed by atoms with Crippen molar-refractivity contribution >= 4 is 5.91 Å². The lowest BCUT2D eigenvalue weighted by atomic mass is 10.0. The molecule has 0 aromatic rings.